The average molecular weight is 435 g/mol. The van der Waals surface area contributed by atoms with Crippen molar-refractivity contribution in [1.29, 1.82) is 0 Å². The van der Waals surface area contributed by atoms with Crippen LogP contribution in [-0.4, -0.2) is 56.5 Å². The first kappa shape index (κ1) is 24.1. The lowest BCUT2D eigenvalue weighted by atomic mass is 9.73. The third-order valence-electron chi connectivity index (χ3n) is 6.56. The second kappa shape index (κ2) is 11.3. The SMILES string of the molecule is CCN(CC)C(=O)c1cccc(/C=C2/CC[C@H](CN(C)C)C(c3cccc(OC)c3)C2)c1. The number of amides is 1. The third kappa shape index (κ3) is 6.01. The zero-order valence-electron chi connectivity index (χ0n) is 20.3. The highest BCUT2D eigenvalue weighted by Gasteiger charge is 2.29. The van der Waals surface area contributed by atoms with Crippen molar-refractivity contribution >= 4 is 12.0 Å². The maximum absolute atomic E-state index is 12.8. The number of nitrogens with zero attached hydrogens (tertiary/aromatic N) is 2. The van der Waals surface area contributed by atoms with Crippen LogP contribution in [0, 0.1) is 5.92 Å². The number of methoxy groups -OCH3 is 1. The summed E-state index contributed by atoms with van der Waals surface area (Å²) >= 11 is 0. The van der Waals surface area contributed by atoms with Crippen LogP contribution in [0.4, 0.5) is 0 Å². The summed E-state index contributed by atoms with van der Waals surface area (Å²) in [6.45, 7) is 6.60. The summed E-state index contributed by atoms with van der Waals surface area (Å²) in [5, 5.41) is 0. The smallest absolute Gasteiger partial charge is 0.253 e. The normalized spacial score (nSPS) is 19.9. The van der Waals surface area contributed by atoms with Crippen LogP contribution < -0.4 is 4.74 Å². The minimum atomic E-state index is 0.110. The maximum atomic E-state index is 12.8. The number of hydrogen-bond donors (Lipinski definition) is 0. The van der Waals surface area contributed by atoms with Crippen molar-refractivity contribution in [2.24, 2.45) is 5.92 Å². The van der Waals surface area contributed by atoms with Gasteiger partial charge in [0.25, 0.3) is 5.91 Å². The topological polar surface area (TPSA) is 32.8 Å². The number of benzene rings is 2. The Morgan fingerprint density at radius 1 is 1.09 bits per heavy atom. The molecule has 2 aromatic carbocycles. The van der Waals surface area contributed by atoms with Gasteiger partial charge in [-0.2, -0.15) is 0 Å². The average Bonchev–Trinajstić information content (AvgIpc) is 2.80. The van der Waals surface area contributed by atoms with Crippen LogP contribution in [0.1, 0.15) is 60.5 Å². The molecule has 0 aliphatic heterocycles. The van der Waals surface area contributed by atoms with Gasteiger partial charge in [-0.1, -0.05) is 35.9 Å². The van der Waals surface area contributed by atoms with Crippen LogP contribution in [0.3, 0.4) is 0 Å². The molecule has 2 aromatic rings. The Morgan fingerprint density at radius 3 is 2.53 bits per heavy atom. The van der Waals surface area contributed by atoms with Crippen LogP contribution in [0.5, 0.6) is 5.75 Å². The molecule has 1 fully saturated rings. The summed E-state index contributed by atoms with van der Waals surface area (Å²) in [5.74, 6) is 2.11. The van der Waals surface area contributed by atoms with E-state index in [1.165, 1.54) is 17.6 Å². The molecule has 2 atom stereocenters. The highest BCUT2D eigenvalue weighted by molar-refractivity contribution is 5.94. The van der Waals surface area contributed by atoms with Gasteiger partial charge >= 0.3 is 0 Å². The van der Waals surface area contributed by atoms with Crippen molar-refractivity contribution in [2.75, 3.05) is 40.8 Å². The lowest BCUT2D eigenvalue weighted by Crippen LogP contribution is -2.30. The van der Waals surface area contributed by atoms with Gasteiger partial charge in [0.1, 0.15) is 5.75 Å². The number of allylic oxidation sites excluding steroid dienone is 1. The Balaban J connectivity index is 1.86. The van der Waals surface area contributed by atoms with E-state index in [1.54, 1.807) is 7.11 Å². The van der Waals surface area contributed by atoms with Gasteiger partial charge in [-0.15, -0.1) is 0 Å². The molecular weight excluding hydrogens is 396 g/mol. The Bertz CT molecular complexity index is 931. The lowest BCUT2D eigenvalue weighted by molar-refractivity contribution is 0.0773. The van der Waals surface area contributed by atoms with Crippen LogP contribution in [0.15, 0.2) is 54.1 Å². The second-order valence-corrected chi connectivity index (χ2v) is 9.05. The number of rotatable bonds is 8. The van der Waals surface area contributed by atoms with Gasteiger partial charge in [-0.25, -0.2) is 0 Å². The fraction of sp³-hybridized carbons (Fsp3) is 0.464. The standard InChI is InChI=1S/C28H38N2O2/c1-6-30(7-2)28(31)24-12-8-10-21(17-24)16-22-14-15-25(20-29(3)4)27(18-22)23-11-9-13-26(19-23)32-5/h8-13,16-17,19,25,27H,6-7,14-15,18,20H2,1-5H3/b22-16-/t25-,27?/m1/s1. The number of ether oxygens (including phenoxy) is 1. The minimum Gasteiger partial charge on any atom is -0.497 e. The molecule has 32 heavy (non-hydrogen) atoms. The van der Waals surface area contributed by atoms with E-state index in [4.69, 9.17) is 4.74 Å². The fourth-order valence-corrected chi connectivity index (χ4v) is 4.89. The number of hydrogen-bond acceptors (Lipinski definition) is 3. The zero-order valence-corrected chi connectivity index (χ0v) is 20.3. The quantitative estimate of drug-likeness (QED) is 0.534. The lowest BCUT2D eigenvalue weighted by Gasteiger charge is -2.35. The van der Waals surface area contributed by atoms with E-state index >= 15 is 0 Å². The first-order valence-corrected chi connectivity index (χ1v) is 11.8. The first-order valence-electron chi connectivity index (χ1n) is 11.8. The summed E-state index contributed by atoms with van der Waals surface area (Å²) in [4.78, 5) is 17.0. The molecule has 4 nitrogen and oxygen atoms in total. The molecule has 1 aliphatic rings. The van der Waals surface area contributed by atoms with Gasteiger partial charge in [-0.3, -0.25) is 4.79 Å². The summed E-state index contributed by atoms with van der Waals surface area (Å²) in [5.41, 5.74) is 4.70. The second-order valence-electron chi connectivity index (χ2n) is 9.05. The van der Waals surface area contributed by atoms with E-state index < -0.39 is 0 Å². The first-order chi connectivity index (χ1) is 15.4. The summed E-state index contributed by atoms with van der Waals surface area (Å²) in [6, 6.07) is 16.6. The van der Waals surface area contributed by atoms with Gasteiger partial charge in [0.15, 0.2) is 0 Å². The molecule has 0 radical (unpaired) electrons. The monoisotopic (exact) mass is 434 g/mol. The van der Waals surface area contributed by atoms with Crippen LogP contribution >= 0.6 is 0 Å². The fourth-order valence-electron chi connectivity index (χ4n) is 4.89. The Labute approximate surface area is 193 Å². The van der Waals surface area contributed by atoms with E-state index in [1.807, 2.05) is 43.0 Å². The highest BCUT2D eigenvalue weighted by Crippen LogP contribution is 2.42. The van der Waals surface area contributed by atoms with Crippen molar-refractivity contribution in [3.05, 3.63) is 70.8 Å². The van der Waals surface area contributed by atoms with Gasteiger partial charge in [0.05, 0.1) is 7.11 Å². The third-order valence-corrected chi connectivity index (χ3v) is 6.56. The van der Waals surface area contributed by atoms with Crippen LogP contribution in [-0.2, 0) is 0 Å². The molecule has 0 bridgehead atoms. The molecule has 0 heterocycles. The molecule has 1 saturated carbocycles. The summed E-state index contributed by atoms with van der Waals surface area (Å²) in [7, 11) is 6.05. The molecular formula is C28H38N2O2. The van der Waals surface area contributed by atoms with Gasteiger partial charge in [-0.05, 0) is 94.4 Å². The Hall–Kier alpha value is -2.59. The zero-order chi connectivity index (χ0) is 23.1. The minimum absolute atomic E-state index is 0.110. The van der Waals surface area contributed by atoms with E-state index in [-0.39, 0.29) is 5.91 Å². The largest absolute Gasteiger partial charge is 0.497 e. The summed E-state index contributed by atoms with van der Waals surface area (Å²) < 4.78 is 5.50. The number of carbonyl (C=O) groups excluding carboxylic acids is 1. The predicted octanol–water partition coefficient (Wildman–Crippen LogP) is 5.71. The number of carbonyl (C=O) groups is 1. The van der Waals surface area contributed by atoms with Crippen molar-refractivity contribution in [1.82, 2.24) is 9.80 Å². The van der Waals surface area contributed by atoms with Crippen molar-refractivity contribution in [2.45, 2.75) is 39.0 Å². The Kier molecular flexibility index (Phi) is 8.52. The molecule has 1 unspecified atom stereocenters. The van der Waals surface area contributed by atoms with E-state index in [9.17, 15) is 4.79 Å². The van der Waals surface area contributed by atoms with E-state index in [2.05, 4.69) is 49.3 Å². The molecule has 1 aliphatic carbocycles. The van der Waals surface area contributed by atoms with Gasteiger partial charge in [0.2, 0.25) is 0 Å². The maximum Gasteiger partial charge on any atom is 0.253 e. The van der Waals surface area contributed by atoms with Gasteiger partial charge in [0, 0.05) is 25.2 Å². The molecule has 4 heteroatoms. The van der Waals surface area contributed by atoms with E-state index in [0.717, 1.165) is 49.4 Å². The van der Waals surface area contributed by atoms with Gasteiger partial charge < -0.3 is 14.5 Å². The highest BCUT2D eigenvalue weighted by atomic mass is 16.5. The Morgan fingerprint density at radius 2 is 1.84 bits per heavy atom. The van der Waals surface area contributed by atoms with Crippen molar-refractivity contribution in [3.63, 3.8) is 0 Å². The van der Waals surface area contributed by atoms with Crippen LogP contribution in [0.25, 0.3) is 6.08 Å². The van der Waals surface area contributed by atoms with Crippen LogP contribution in [0.2, 0.25) is 0 Å². The molecule has 0 aromatic heterocycles. The molecule has 0 N–H and O–H groups in total. The molecule has 172 valence electrons. The molecule has 1 amide bonds. The van der Waals surface area contributed by atoms with Crippen molar-refractivity contribution in [3.8, 4) is 5.75 Å². The predicted molar refractivity (Wildman–Crippen MR) is 133 cm³/mol. The molecule has 0 spiro atoms. The molecule has 0 saturated heterocycles. The molecule has 3 rings (SSSR count). The van der Waals surface area contributed by atoms with Crippen molar-refractivity contribution < 1.29 is 9.53 Å². The summed E-state index contributed by atoms with van der Waals surface area (Å²) in [6.07, 6.45) is 5.62. The van der Waals surface area contributed by atoms with E-state index in [0.29, 0.717) is 11.8 Å².